The Labute approximate surface area is 201 Å². The largest absolute Gasteiger partial charge is 0.481 e. The van der Waals surface area contributed by atoms with E-state index in [1.807, 2.05) is 0 Å². The van der Waals surface area contributed by atoms with Crippen molar-refractivity contribution in [1.29, 1.82) is 0 Å². The number of carboxylic acids is 1. The maximum Gasteiger partial charge on any atom is 0.309 e. The standard InChI is InChI=1S/C30H48O3/c1-18(2)19-10-15-30(25(32)33)17-16-28(6)20(24(19)30)8-9-22-27(5)13-12-23(31)26(3,4)21(27)11-14-29(22,28)7/h19-24,31H,1,8-17H2,2-7H3,(H,32,33)/t19?,20?,21?,22?,23-,24?,27+,28-,29-,30+/m1/s1. The number of aliphatic hydroxyl groups excluding tert-OH is 1. The zero-order valence-electron chi connectivity index (χ0n) is 22.0. The van der Waals surface area contributed by atoms with Crippen LogP contribution in [0, 0.1) is 56.7 Å². The molecular weight excluding hydrogens is 408 g/mol. The summed E-state index contributed by atoms with van der Waals surface area (Å²) in [5.74, 6) is 1.79. The molecule has 3 nitrogen and oxygen atoms in total. The topological polar surface area (TPSA) is 57.5 Å². The summed E-state index contributed by atoms with van der Waals surface area (Å²) in [6.07, 6.45) is 10.5. The molecule has 0 aromatic carbocycles. The van der Waals surface area contributed by atoms with E-state index in [9.17, 15) is 15.0 Å². The van der Waals surface area contributed by atoms with Gasteiger partial charge in [0.2, 0.25) is 0 Å². The van der Waals surface area contributed by atoms with Crippen LogP contribution in [0.5, 0.6) is 0 Å². The van der Waals surface area contributed by atoms with Crippen molar-refractivity contribution in [3.05, 3.63) is 12.2 Å². The van der Waals surface area contributed by atoms with E-state index in [1.165, 1.54) is 31.3 Å². The first-order valence-corrected chi connectivity index (χ1v) is 13.8. The molecule has 10 atom stereocenters. The molecule has 0 bridgehead atoms. The third-order valence-corrected chi connectivity index (χ3v) is 13.5. The molecule has 33 heavy (non-hydrogen) atoms. The molecule has 0 aliphatic heterocycles. The van der Waals surface area contributed by atoms with Crippen molar-refractivity contribution in [2.24, 2.45) is 56.7 Å². The molecule has 5 fully saturated rings. The maximum atomic E-state index is 12.8. The second-order valence-electron chi connectivity index (χ2n) is 14.5. The number of fused-ring (bicyclic) bond motifs is 7. The van der Waals surface area contributed by atoms with E-state index in [2.05, 4.69) is 48.1 Å². The van der Waals surface area contributed by atoms with Crippen LogP contribution in [0.1, 0.15) is 106 Å². The van der Waals surface area contributed by atoms with Gasteiger partial charge in [0.1, 0.15) is 0 Å². The Hall–Kier alpha value is -0.830. The fourth-order valence-electron chi connectivity index (χ4n) is 11.5. The Morgan fingerprint density at radius 1 is 0.818 bits per heavy atom. The molecule has 0 aromatic heterocycles. The number of aliphatic hydroxyl groups is 1. The van der Waals surface area contributed by atoms with Gasteiger partial charge in [-0.1, -0.05) is 46.8 Å². The molecule has 3 heteroatoms. The first-order valence-electron chi connectivity index (χ1n) is 13.8. The lowest BCUT2D eigenvalue weighted by Gasteiger charge is -2.72. The van der Waals surface area contributed by atoms with Crippen LogP contribution in [0.2, 0.25) is 0 Å². The summed E-state index contributed by atoms with van der Waals surface area (Å²) in [4.78, 5) is 12.8. The quantitative estimate of drug-likeness (QED) is 0.436. The van der Waals surface area contributed by atoms with Gasteiger partial charge in [0.25, 0.3) is 0 Å². The SMILES string of the molecule is C=C(C)C1CC[C@]2(C(=O)O)CC[C@]3(C)C(CCC4[C@@]5(C)CC[C@@H](O)C(C)(C)C5CC[C@]43C)C12. The summed E-state index contributed by atoms with van der Waals surface area (Å²) in [5.41, 5.74) is 1.35. The number of aliphatic carboxylic acids is 1. The number of carboxylic acid groups (broad SMARTS) is 1. The lowest BCUT2D eigenvalue weighted by molar-refractivity contribution is -0.248. The maximum absolute atomic E-state index is 12.8. The normalized spacial score (nSPS) is 55.0. The fourth-order valence-corrected chi connectivity index (χ4v) is 11.5. The molecule has 0 aromatic rings. The molecule has 0 heterocycles. The first kappa shape index (κ1) is 23.9. The minimum atomic E-state index is -0.538. The average molecular weight is 457 g/mol. The van der Waals surface area contributed by atoms with Crippen LogP contribution in [0.4, 0.5) is 0 Å². The molecule has 2 N–H and O–H groups in total. The van der Waals surface area contributed by atoms with Crippen molar-refractivity contribution in [2.45, 2.75) is 112 Å². The van der Waals surface area contributed by atoms with Gasteiger partial charge in [0.15, 0.2) is 0 Å². The second-order valence-corrected chi connectivity index (χ2v) is 14.5. The molecule has 5 rings (SSSR count). The molecule has 0 radical (unpaired) electrons. The van der Waals surface area contributed by atoms with Crippen LogP contribution in [-0.4, -0.2) is 22.3 Å². The Bertz CT molecular complexity index is 861. The number of hydrogen-bond acceptors (Lipinski definition) is 2. The van der Waals surface area contributed by atoms with E-state index in [1.54, 1.807) is 0 Å². The van der Waals surface area contributed by atoms with Crippen LogP contribution in [0.25, 0.3) is 0 Å². The summed E-state index contributed by atoms with van der Waals surface area (Å²) < 4.78 is 0. The fraction of sp³-hybridized carbons (Fsp3) is 0.900. The molecule has 0 saturated heterocycles. The Morgan fingerprint density at radius 3 is 2.15 bits per heavy atom. The van der Waals surface area contributed by atoms with Crippen molar-refractivity contribution in [3.63, 3.8) is 0 Å². The monoisotopic (exact) mass is 456 g/mol. The Morgan fingerprint density at radius 2 is 1.52 bits per heavy atom. The predicted octanol–water partition coefficient (Wildman–Crippen LogP) is 7.09. The van der Waals surface area contributed by atoms with Gasteiger partial charge in [0, 0.05) is 0 Å². The number of rotatable bonds is 2. The van der Waals surface area contributed by atoms with Crippen molar-refractivity contribution >= 4 is 5.97 Å². The lowest BCUT2D eigenvalue weighted by Crippen LogP contribution is -2.67. The Balaban J connectivity index is 1.57. The lowest BCUT2D eigenvalue weighted by atomic mass is 9.32. The van der Waals surface area contributed by atoms with Crippen LogP contribution < -0.4 is 0 Å². The third-order valence-electron chi connectivity index (χ3n) is 13.5. The van der Waals surface area contributed by atoms with E-state index in [0.717, 1.165) is 38.5 Å². The van der Waals surface area contributed by atoms with Crippen molar-refractivity contribution in [2.75, 3.05) is 0 Å². The molecule has 0 spiro atoms. The van der Waals surface area contributed by atoms with Crippen LogP contribution in [0.3, 0.4) is 0 Å². The molecule has 186 valence electrons. The van der Waals surface area contributed by atoms with Gasteiger partial charge in [-0.3, -0.25) is 4.79 Å². The number of allylic oxidation sites excluding steroid dienone is 1. The van der Waals surface area contributed by atoms with Crippen molar-refractivity contribution in [1.82, 2.24) is 0 Å². The highest BCUT2D eigenvalue weighted by Gasteiger charge is 2.71. The highest BCUT2D eigenvalue weighted by atomic mass is 16.4. The highest BCUT2D eigenvalue weighted by molar-refractivity contribution is 5.76. The minimum Gasteiger partial charge on any atom is -0.481 e. The Kier molecular flexibility index (Phi) is 5.15. The van der Waals surface area contributed by atoms with Crippen molar-refractivity contribution in [3.8, 4) is 0 Å². The molecule has 5 saturated carbocycles. The molecule has 0 amide bonds. The first-order chi connectivity index (χ1) is 15.3. The van der Waals surface area contributed by atoms with Crippen LogP contribution in [-0.2, 0) is 4.79 Å². The molecule has 5 unspecified atom stereocenters. The summed E-state index contributed by atoms with van der Waals surface area (Å²) in [6, 6.07) is 0. The zero-order chi connectivity index (χ0) is 24.2. The van der Waals surface area contributed by atoms with Crippen LogP contribution in [0.15, 0.2) is 12.2 Å². The molecule has 5 aliphatic carbocycles. The van der Waals surface area contributed by atoms with Gasteiger partial charge in [-0.2, -0.15) is 0 Å². The zero-order valence-corrected chi connectivity index (χ0v) is 22.0. The van der Waals surface area contributed by atoms with E-state index >= 15 is 0 Å². The summed E-state index contributed by atoms with van der Waals surface area (Å²) in [5, 5.41) is 21.4. The average Bonchev–Trinajstić information content (AvgIpc) is 3.13. The summed E-state index contributed by atoms with van der Waals surface area (Å²) in [7, 11) is 0. The van der Waals surface area contributed by atoms with Crippen molar-refractivity contribution < 1.29 is 15.0 Å². The van der Waals surface area contributed by atoms with Gasteiger partial charge < -0.3 is 10.2 Å². The van der Waals surface area contributed by atoms with Gasteiger partial charge in [-0.15, -0.1) is 0 Å². The van der Waals surface area contributed by atoms with Gasteiger partial charge >= 0.3 is 5.97 Å². The molecular formula is C30H48O3. The smallest absolute Gasteiger partial charge is 0.309 e. The van der Waals surface area contributed by atoms with Gasteiger partial charge in [-0.05, 0) is 122 Å². The summed E-state index contributed by atoms with van der Waals surface area (Å²) >= 11 is 0. The van der Waals surface area contributed by atoms with E-state index in [4.69, 9.17) is 0 Å². The minimum absolute atomic E-state index is 0.0202. The molecule has 5 aliphatic rings. The third kappa shape index (κ3) is 2.75. The van der Waals surface area contributed by atoms with Gasteiger partial charge in [0.05, 0.1) is 11.5 Å². The van der Waals surface area contributed by atoms with E-state index in [0.29, 0.717) is 23.7 Å². The summed E-state index contributed by atoms with van der Waals surface area (Å²) in [6.45, 7) is 18.8. The van der Waals surface area contributed by atoms with E-state index in [-0.39, 0.29) is 33.7 Å². The van der Waals surface area contributed by atoms with Crippen LogP contribution >= 0.6 is 0 Å². The number of carbonyl (C=O) groups is 1. The second kappa shape index (κ2) is 7.11. The highest BCUT2D eigenvalue weighted by Crippen LogP contribution is 2.77. The van der Waals surface area contributed by atoms with E-state index < -0.39 is 11.4 Å². The van der Waals surface area contributed by atoms with Gasteiger partial charge in [-0.25, -0.2) is 0 Å². The number of hydrogen-bond donors (Lipinski definition) is 2. The predicted molar refractivity (Wildman–Crippen MR) is 133 cm³/mol.